The molecule has 0 saturated heterocycles. The summed E-state index contributed by atoms with van der Waals surface area (Å²) in [6.45, 7) is 5.13. The lowest BCUT2D eigenvalue weighted by atomic mass is 10.1. The molecule has 0 heterocycles. The number of nitro benzene ring substituents is 1. The minimum Gasteiger partial charge on any atom is -0.496 e. The van der Waals surface area contributed by atoms with Crippen LogP contribution in [0.3, 0.4) is 0 Å². The van der Waals surface area contributed by atoms with Crippen molar-refractivity contribution in [2.24, 2.45) is 0 Å². The molecule has 2 rings (SSSR count). The fraction of sp³-hybridized carbons (Fsp3) is 0.409. The maximum Gasteiger partial charge on any atom is 0.296 e. The smallest absolute Gasteiger partial charge is 0.296 e. The van der Waals surface area contributed by atoms with Gasteiger partial charge in [0.05, 0.1) is 31.3 Å². The van der Waals surface area contributed by atoms with Gasteiger partial charge in [-0.1, -0.05) is 19.4 Å². The molecule has 2 aromatic rings. The quantitative estimate of drug-likeness (QED) is 0.304. The zero-order chi connectivity index (χ0) is 21.9. The molecule has 0 fully saturated rings. The first-order chi connectivity index (χ1) is 14.5. The fourth-order valence-corrected chi connectivity index (χ4v) is 2.79. The number of carbonyl (C=O) groups is 1. The normalized spacial score (nSPS) is 10.4. The number of hydrogen-bond acceptors (Lipinski definition) is 6. The average molecular weight is 416 g/mol. The molecule has 0 radical (unpaired) electrons. The van der Waals surface area contributed by atoms with Crippen molar-refractivity contribution in [2.45, 2.75) is 39.5 Å². The second-order valence-corrected chi connectivity index (χ2v) is 6.60. The predicted molar refractivity (Wildman–Crippen MR) is 115 cm³/mol. The van der Waals surface area contributed by atoms with Crippen LogP contribution in [-0.4, -0.2) is 31.2 Å². The van der Waals surface area contributed by atoms with Gasteiger partial charge in [-0.05, 0) is 49.6 Å². The van der Waals surface area contributed by atoms with Crippen LogP contribution < -0.4 is 19.5 Å². The molecule has 0 aliphatic rings. The van der Waals surface area contributed by atoms with Crippen molar-refractivity contribution in [1.82, 2.24) is 0 Å². The van der Waals surface area contributed by atoms with Crippen molar-refractivity contribution in [3.05, 3.63) is 52.1 Å². The number of nitrogens with one attached hydrogen (secondary N) is 1. The van der Waals surface area contributed by atoms with E-state index in [-0.39, 0.29) is 23.7 Å². The third-order valence-corrected chi connectivity index (χ3v) is 4.38. The Bertz CT molecular complexity index is 869. The second-order valence-electron chi connectivity index (χ2n) is 6.60. The van der Waals surface area contributed by atoms with E-state index in [0.717, 1.165) is 18.4 Å². The Balaban J connectivity index is 2.02. The van der Waals surface area contributed by atoms with Crippen molar-refractivity contribution in [3.63, 3.8) is 0 Å². The first kappa shape index (κ1) is 23.0. The van der Waals surface area contributed by atoms with E-state index in [2.05, 4.69) is 12.2 Å². The number of methoxy groups -OCH3 is 1. The number of hydrogen-bond donors (Lipinski definition) is 1. The van der Waals surface area contributed by atoms with E-state index >= 15 is 0 Å². The molecule has 30 heavy (non-hydrogen) atoms. The van der Waals surface area contributed by atoms with E-state index < -0.39 is 4.92 Å². The Kier molecular flexibility index (Phi) is 8.93. The standard InChI is InChI=1S/C22H28N2O6/c1-4-6-13-30-20-11-7-16(14-21(20)29-5-2)8-12-22(25)23-18-10-9-17(28-3)15-19(18)24(26)27/h7,9-11,14-15H,4-6,8,12-13H2,1-3H3,(H,23,25). The lowest BCUT2D eigenvalue weighted by Gasteiger charge is -2.13. The van der Waals surface area contributed by atoms with Gasteiger partial charge in [-0.2, -0.15) is 0 Å². The minimum absolute atomic E-state index is 0.139. The number of rotatable bonds is 12. The number of ether oxygens (including phenoxy) is 3. The molecule has 0 saturated carbocycles. The lowest BCUT2D eigenvalue weighted by molar-refractivity contribution is -0.384. The molecule has 0 aromatic heterocycles. The fourth-order valence-electron chi connectivity index (χ4n) is 2.79. The van der Waals surface area contributed by atoms with Gasteiger partial charge < -0.3 is 19.5 Å². The van der Waals surface area contributed by atoms with Crippen molar-refractivity contribution in [2.75, 3.05) is 25.6 Å². The van der Waals surface area contributed by atoms with Gasteiger partial charge >= 0.3 is 0 Å². The van der Waals surface area contributed by atoms with Gasteiger partial charge in [-0.3, -0.25) is 14.9 Å². The number of aryl methyl sites for hydroxylation is 1. The van der Waals surface area contributed by atoms with Crippen molar-refractivity contribution >= 4 is 17.3 Å². The van der Waals surface area contributed by atoms with E-state index in [1.165, 1.54) is 19.2 Å². The van der Waals surface area contributed by atoms with Gasteiger partial charge in [0.25, 0.3) is 5.69 Å². The molecule has 0 aliphatic carbocycles. The number of unbranched alkanes of at least 4 members (excludes halogenated alkanes) is 1. The molecular formula is C22H28N2O6. The van der Waals surface area contributed by atoms with E-state index in [1.54, 1.807) is 6.07 Å². The van der Waals surface area contributed by atoms with E-state index in [1.807, 2.05) is 25.1 Å². The molecule has 0 aliphatic heterocycles. The van der Waals surface area contributed by atoms with Gasteiger partial charge in [0.15, 0.2) is 11.5 Å². The first-order valence-corrected chi connectivity index (χ1v) is 9.99. The summed E-state index contributed by atoms with van der Waals surface area (Å²) in [6, 6.07) is 9.92. The number of carbonyl (C=O) groups excluding carboxylic acids is 1. The minimum atomic E-state index is -0.552. The van der Waals surface area contributed by atoms with Crippen LogP contribution in [-0.2, 0) is 11.2 Å². The van der Waals surface area contributed by atoms with Crippen LogP contribution in [0.1, 0.15) is 38.7 Å². The Morgan fingerprint density at radius 3 is 2.57 bits per heavy atom. The summed E-state index contributed by atoms with van der Waals surface area (Å²) in [6.07, 6.45) is 2.64. The summed E-state index contributed by atoms with van der Waals surface area (Å²) >= 11 is 0. The Hall–Kier alpha value is -3.29. The monoisotopic (exact) mass is 416 g/mol. The van der Waals surface area contributed by atoms with Crippen molar-refractivity contribution in [3.8, 4) is 17.2 Å². The summed E-state index contributed by atoms with van der Waals surface area (Å²) in [4.78, 5) is 23.0. The molecule has 1 N–H and O–H groups in total. The summed E-state index contributed by atoms with van der Waals surface area (Å²) in [5, 5.41) is 13.9. The second kappa shape index (κ2) is 11.6. The van der Waals surface area contributed by atoms with Crippen LogP contribution in [0, 0.1) is 10.1 Å². The Morgan fingerprint density at radius 1 is 1.10 bits per heavy atom. The molecular weight excluding hydrogens is 388 g/mol. The predicted octanol–water partition coefficient (Wildman–Crippen LogP) is 4.75. The van der Waals surface area contributed by atoms with Crippen LogP contribution in [0.4, 0.5) is 11.4 Å². The highest BCUT2D eigenvalue weighted by Crippen LogP contribution is 2.30. The third kappa shape index (κ3) is 6.65. The van der Waals surface area contributed by atoms with Crippen molar-refractivity contribution in [1.29, 1.82) is 0 Å². The maximum atomic E-state index is 12.3. The molecule has 8 nitrogen and oxygen atoms in total. The molecule has 162 valence electrons. The summed E-state index contributed by atoms with van der Waals surface area (Å²) in [5.74, 6) is 1.37. The third-order valence-electron chi connectivity index (χ3n) is 4.38. The van der Waals surface area contributed by atoms with Crippen LogP contribution in [0.2, 0.25) is 0 Å². The average Bonchev–Trinajstić information content (AvgIpc) is 2.74. The van der Waals surface area contributed by atoms with E-state index in [4.69, 9.17) is 14.2 Å². The molecule has 1 amide bonds. The van der Waals surface area contributed by atoms with Crippen LogP contribution >= 0.6 is 0 Å². The van der Waals surface area contributed by atoms with Gasteiger partial charge in [-0.25, -0.2) is 0 Å². The first-order valence-electron chi connectivity index (χ1n) is 9.99. The molecule has 8 heteroatoms. The van der Waals surface area contributed by atoms with E-state index in [0.29, 0.717) is 36.9 Å². The van der Waals surface area contributed by atoms with Gasteiger partial charge in [0.1, 0.15) is 11.4 Å². The molecule has 0 atom stereocenters. The maximum absolute atomic E-state index is 12.3. The zero-order valence-corrected chi connectivity index (χ0v) is 17.6. The van der Waals surface area contributed by atoms with Crippen LogP contribution in [0.25, 0.3) is 0 Å². The molecule has 0 unspecified atom stereocenters. The number of nitro groups is 1. The highest BCUT2D eigenvalue weighted by Gasteiger charge is 2.17. The number of anilines is 1. The largest absolute Gasteiger partial charge is 0.496 e. The topological polar surface area (TPSA) is 99.9 Å². The van der Waals surface area contributed by atoms with Gasteiger partial charge in [-0.15, -0.1) is 0 Å². The number of benzene rings is 2. The highest BCUT2D eigenvalue weighted by molar-refractivity contribution is 5.93. The van der Waals surface area contributed by atoms with Gasteiger partial charge in [0, 0.05) is 6.42 Å². The Labute approximate surface area is 176 Å². The number of amides is 1. The zero-order valence-electron chi connectivity index (χ0n) is 17.6. The summed E-state index contributed by atoms with van der Waals surface area (Å²) < 4.78 is 16.4. The summed E-state index contributed by atoms with van der Waals surface area (Å²) in [7, 11) is 1.42. The Morgan fingerprint density at radius 2 is 1.90 bits per heavy atom. The lowest BCUT2D eigenvalue weighted by Crippen LogP contribution is -2.13. The van der Waals surface area contributed by atoms with Crippen LogP contribution in [0.5, 0.6) is 17.2 Å². The van der Waals surface area contributed by atoms with Crippen molar-refractivity contribution < 1.29 is 23.9 Å². The molecule has 0 spiro atoms. The summed E-state index contributed by atoms with van der Waals surface area (Å²) in [5.41, 5.74) is 0.844. The molecule has 0 bridgehead atoms. The van der Waals surface area contributed by atoms with E-state index in [9.17, 15) is 14.9 Å². The molecule has 2 aromatic carbocycles. The SMILES string of the molecule is CCCCOc1ccc(CCC(=O)Nc2ccc(OC)cc2[N+](=O)[O-])cc1OCC. The van der Waals surface area contributed by atoms with Gasteiger partial charge in [0.2, 0.25) is 5.91 Å². The number of nitrogens with zero attached hydrogens (tertiary/aromatic N) is 1. The van der Waals surface area contributed by atoms with Crippen LogP contribution in [0.15, 0.2) is 36.4 Å². The highest BCUT2D eigenvalue weighted by atomic mass is 16.6.